The van der Waals surface area contributed by atoms with Gasteiger partial charge < -0.3 is 20.4 Å². The molecule has 1 aliphatic rings. The fourth-order valence-corrected chi connectivity index (χ4v) is 2.86. The zero-order chi connectivity index (χ0) is 17.1. The number of nitrogens with zero attached hydrogens (tertiary/aromatic N) is 2. The van der Waals surface area contributed by atoms with Crippen LogP contribution in [0.1, 0.15) is 12.8 Å². The van der Waals surface area contributed by atoms with Crippen molar-refractivity contribution in [1.29, 1.82) is 0 Å². The van der Waals surface area contributed by atoms with Gasteiger partial charge >= 0.3 is 0 Å². The van der Waals surface area contributed by atoms with Crippen molar-refractivity contribution in [1.82, 2.24) is 15.0 Å². The first-order valence-corrected chi connectivity index (χ1v) is 8.34. The van der Waals surface area contributed by atoms with E-state index < -0.39 is 0 Å². The van der Waals surface area contributed by atoms with Gasteiger partial charge in [0, 0.05) is 19.3 Å². The highest BCUT2D eigenvalue weighted by molar-refractivity contribution is 5.76. The molecule has 1 aromatic carbocycles. The number of aromatic nitrogens is 3. The number of pyridine rings is 1. The third kappa shape index (κ3) is 3.61. The van der Waals surface area contributed by atoms with Gasteiger partial charge in [-0.25, -0.2) is 9.97 Å². The van der Waals surface area contributed by atoms with E-state index in [0.29, 0.717) is 17.2 Å². The minimum absolute atomic E-state index is 0.255. The predicted octanol–water partition coefficient (Wildman–Crippen LogP) is 2.65. The Bertz CT molecular complexity index is 917. The Morgan fingerprint density at radius 1 is 1.12 bits per heavy atom. The average Bonchev–Trinajstić information content (AvgIpc) is 2.65. The van der Waals surface area contributed by atoms with Gasteiger partial charge in [0.2, 0.25) is 0 Å². The maximum atomic E-state index is 12.1. The number of H-pyrrole nitrogens is 1. The molecule has 7 nitrogen and oxygen atoms in total. The molecule has 3 heterocycles. The Labute approximate surface area is 144 Å². The summed E-state index contributed by atoms with van der Waals surface area (Å²) in [5.74, 6) is 1.07. The largest absolute Gasteiger partial charge is 0.381 e. The quantitative estimate of drug-likeness (QED) is 0.678. The van der Waals surface area contributed by atoms with Crippen molar-refractivity contribution in [3.05, 3.63) is 52.9 Å². The van der Waals surface area contributed by atoms with Gasteiger partial charge in [-0.15, -0.1) is 0 Å². The van der Waals surface area contributed by atoms with Gasteiger partial charge in [-0.2, -0.15) is 0 Å². The highest BCUT2D eigenvalue weighted by Gasteiger charge is 2.13. The van der Waals surface area contributed by atoms with E-state index in [1.807, 2.05) is 36.4 Å². The molecule has 0 saturated carbocycles. The Hall–Kier alpha value is -2.93. The van der Waals surface area contributed by atoms with Crippen LogP contribution in [0.2, 0.25) is 0 Å². The second kappa shape index (κ2) is 6.90. The monoisotopic (exact) mass is 337 g/mol. The van der Waals surface area contributed by atoms with Crippen LogP contribution in [0.4, 0.5) is 17.3 Å². The molecule has 4 rings (SSSR count). The van der Waals surface area contributed by atoms with E-state index in [1.165, 1.54) is 0 Å². The molecular formula is C18H19N5O2. The second-order valence-corrected chi connectivity index (χ2v) is 6.02. The number of aromatic amines is 1. The summed E-state index contributed by atoms with van der Waals surface area (Å²) in [5.41, 5.74) is 1.90. The molecule has 7 heteroatoms. The summed E-state index contributed by atoms with van der Waals surface area (Å²) in [6, 6.07) is 11.6. The summed E-state index contributed by atoms with van der Waals surface area (Å²) in [6.07, 6.45) is 3.66. The Morgan fingerprint density at radius 2 is 1.96 bits per heavy atom. The molecule has 25 heavy (non-hydrogen) atoms. The number of nitrogens with one attached hydrogen (secondary N) is 3. The highest BCUT2D eigenvalue weighted by atomic mass is 16.5. The van der Waals surface area contributed by atoms with Gasteiger partial charge in [-0.3, -0.25) is 4.79 Å². The topological polar surface area (TPSA) is 91.9 Å². The van der Waals surface area contributed by atoms with Crippen molar-refractivity contribution >= 4 is 28.4 Å². The molecule has 0 spiro atoms. The first kappa shape index (κ1) is 15.6. The predicted molar refractivity (Wildman–Crippen MR) is 97.3 cm³/mol. The Balaban J connectivity index is 1.49. The lowest BCUT2D eigenvalue weighted by molar-refractivity contribution is 0.0904. The lowest BCUT2D eigenvalue weighted by atomic mass is 10.1. The van der Waals surface area contributed by atoms with Crippen LogP contribution in [-0.2, 0) is 4.74 Å². The summed E-state index contributed by atoms with van der Waals surface area (Å²) in [6.45, 7) is 1.57. The van der Waals surface area contributed by atoms with Crippen LogP contribution < -0.4 is 16.2 Å². The summed E-state index contributed by atoms with van der Waals surface area (Å²) in [4.78, 5) is 23.7. The lowest BCUT2D eigenvalue weighted by Gasteiger charge is -2.23. The maximum Gasteiger partial charge on any atom is 0.291 e. The van der Waals surface area contributed by atoms with Gasteiger partial charge in [-0.1, -0.05) is 12.1 Å². The first-order valence-electron chi connectivity index (χ1n) is 8.34. The second-order valence-electron chi connectivity index (χ2n) is 6.02. The molecule has 1 saturated heterocycles. The van der Waals surface area contributed by atoms with Crippen LogP contribution in [0.25, 0.3) is 11.0 Å². The number of benzene rings is 1. The van der Waals surface area contributed by atoms with E-state index in [2.05, 4.69) is 25.6 Å². The number of para-hydroxylation sites is 2. The lowest BCUT2D eigenvalue weighted by Crippen LogP contribution is -2.28. The van der Waals surface area contributed by atoms with Crippen molar-refractivity contribution < 1.29 is 4.74 Å². The Morgan fingerprint density at radius 3 is 2.76 bits per heavy atom. The van der Waals surface area contributed by atoms with E-state index in [9.17, 15) is 4.79 Å². The van der Waals surface area contributed by atoms with Gasteiger partial charge in [0.25, 0.3) is 5.56 Å². The normalized spacial score (nSPS) is 15.2. The molecule has 0 bridgehead atoms. The van der Waals surface area contributed by atoms with E-state index >= 15 is 0 Å². The number of rotatable bonds is 4. The molecule has 1 aliphatic heterocycles. The molecule has 0 atom stereocenters. The van der Waals surface area contributed by atoms with Crippen LogP contribution in [-0.4, -0.2) is 34.2 Å². The molecule has 0 aliphatic carbocycles. The zero-order valence-electron chi connectivity index (χ0n) is 13.7. The van der Waals surface area contributed by atoms with Crippen LogP contribution >= 0.6 is 0 Å². The van der Waals surface area contributed by atoms with Crippen LogP contribution in [0.15, 0.2) is 47.4 Å². The highest BCUT2D eigenvalue weighted by Crippen LogP contribution is 2.17. The minimum atomic E-state index is -0.261. The fraction of sp³-hybridized carbons (Fsp3) is 0.278. The van der Waals surface area contributed by atoms with Gasteiger partial charge in [0.1, 0.15) is 5.82 Å². The van der Waals surface area contributed by atoms with E-state index in [1.54, 1.807) is 6.20 Å². The Kier molecular flexibility index (Phi) is 4.30. The molecule has 0 radical (unpaired) electrons. The minimum Gasteiger partial charge on any atom is -0.381 e. The third-order valence-corrected chi connectivity index (χ3v) is 4.20. The van der Waals surface area contributed by atoms with Crippen LogP contribution in [0, 0.1) is 0 Å². The van der Waals surface area contributed by atoms with Crippen LogP contribution in [0.5, 0.6) is 0 Å². The molecular weight excluding hydrogens is 318 g/mol. The number of ether oxygens (including phenoxy) is 1. The number of anilines is 3. The van der Waals surface area contributed by atoms with E-state index in [-0.39, 0.29) is 11.4 Å². The van der Waals surface area contributed by atoms with Gasteiger partial charge in [0.05, 0.1) is 22.9 Å². The molecule has 1 fully saturated rings. The van der Waals surface area contributed by atoms with Gasteiger partial charge in [0.15, 0.2) is 5.82 Å². The fourth-order valence-electron chi connectivity index (χ4n) is 2.86. The van der Waals surface area contributed by atoms with Crippen molar-refractivity contribution in [2.24, 2.45) is 0 Å². The van der Waals surface area contributed by atoms with Crippen molar-refractivity contribution in [2.45, 2.75) is 18.9 Å². The summed E-state index contributed by atoms with van der Waals surface area (Å²) in [7, 11) is 0. The summed E-state index contributed by atoms with van der Waals surface area (Å²) >= 11 is 0. The first-order chi connectivity index (χ1) is 12.3. The third-order valence-electron chi connectivity index (χ3n) is 4.20. The molecule has 3 N–H and O–H groups in total. The van der Waals surface area contributed by atoms with Gasteiger partial charge in [-0.05, 0) is 37.1 Å². The molecule has 2 aromatic heterocycles. The van der Waals surface area contributed by atoms with E-state index in [0.717, 1.165) is 37.4 Å². The molecule has 128 valence electrons. The number of hydrogen-bond acceptors (Lipinski definition) is 6. The molecule has 0 amide bonds. The summed E-state index contributed by atoms with van der Waals surface area (Å²) in [5, 5.41) is 6.44. The van der Waals surface area contributed by atoms with Crippen molar-refractivity contribution in [3.8, 4) is 0 Å². The zero-order valence-corrected chi connectivity index (χ0v) is 13.7. The smallest absolute Gasteiger partial charge is 0.291 e. The molecule has 0 unspecified atom stereocenters. The average molecular weight is 337 g/mol. The standard InChI is InChI=1S/C18H19N5O2/c24-18-17(22-14-3-1-2-4-15(14)23-18)21-13-5-6-16(19-11-13)20-12-7-9-25-10-8-12/h1-6,11-12H,7-10H2,(H,19,20)(H,21,22)(H,23,24). The summed E-state index contributed by atoms with van der Waals surface area (Å²) < 4.78 is 5.35. The van der Waals surface area contributed by atoms with Crippen molar-refractivity contribution in [3.63, 3.8) is 0 Å². The molecule has 3 aromatic rings. The maximum absolute atomic E-state index is 12.1. The SMILES string of the molecule is O=c1[nH]c2ccccc2nc1Nc1ccc(NC2CCOCC2)nc1. The van der Waals surface area contributed by atoms with Crippen LogP contribution in [0.3, 0.4) is 0 Å². The number of hydrogen-bond donors (Lipinski definition) is 3. The van der Waals surface area contributed by atoms with E-state index in [4.69, 9.17) is 4.74 Å². The number of fused-ring (bicyclic) bond motifs is 1. The van der Waals surface area contributed by atoms with Crippen molar-refractivity contribution in [2.75, 3.05) is 23.8 Å².